The molecule has 86 valence electrons. The highest BCUT2D eigenvalue weighted by atomic mass is 35.5. The summed E-state index contributed by atoms with van der Waals surface area (Å²) in [7, 11) is -3.27. The Balaban J connectivity index is 2.33. The minimum Gasteiger partial charge on any atom is -0.339 e. The van der Waals surface area contributed by atoms with E-state index in [9.17, 15) is 8.42 Å². The van der Waals surface area contributed by atoms with Crippen LogP contribution in [0.3, 0.4) is 0 Å². The van der Waals surface area contributed by atoms with Crippen molar-refractivity contribution < 1.29 is 12.9 Å². The van der Waals surface area contributed by atoms with Gasteiger partial charge in [0.25, 0.3) is 0 Å². The fraction of sp³-hybridized carbons (Fsp3) is 0.714. The number of aromatic nitrogens is 2. The van der Waals surface area contributed by atoms with Crippen molar-refractivity contribution in [3.05, 3.63) is 11.7 Å². The van der Waals surface area contributed by atoms with Crippen molar-refractivity contribution in [2.45, 2.75) is 13.3 Å². The highest BCUT2D eigenvalue weighted by Crippen LogP contribution is 1.96. The zero-order valence-corrected chi connectivity index (χ0v) is 9.81. The van der Waals surface area contributed by atoms with Crippen molar-refractivity contribution in [3.8, 4) is 0 Å². The summed E-state index contributed by atoms with van der Waals surface area (Å²) < 4.78 is 29.5. The molecule has 0 aliphatic heterocycles. The minimum atomic E-state index is -3.27. The summed E-state index contributed by atoms with van der Waals surface area (Å²) in [4.78, 5) is 3.94. The molecule has 0 saturated carbocycles. The van der Waals surface area contributed by atoms with E-state index in [0.29, 0.717) is 18.1 Å². The zero-order chi connectivity index (χ0) is 11.3. The third-order valence-electron chi connectivity index (χ3n) is 1.58. The second-order valence-corrected chi connectivity index (χ2v) is 5.19. The van der Waals surface area contributed by atoms with Crippen molar-refractivity contribution in [3.63, 3.8) is 0 Å². The van der Waals surface area contributed by atoms with Crippen LogP contribution in [-0.4, -0.2) is 36.7 Å². The molecule has 0 aliphatic rings. The maximum atomic E-state index is 11.2. The van der Waals surface area contributed by atoms with E-state index in [-0.39, 0.29) is 18.2 Å². The van der Waals surface area contributed by atoms with Crippen LogP contribution in [0.4, 0.5) is 0 Å². The smallest absolute Gasteiger partial charge is 0.227 e. The molecule has 1 aromatic heterocycles. The first-order valence-electron chi connectivity index (χ1n) is 4.36. The number of nitrogens with one attached hydrogen (secondary N) is 1. The summed E-state index contributed by atoms with van der Waals surface area (Å²) >= 11 is 5.33. The van der Waals surface area contributed by atoms with E-state index in [0.717, 1.165) is 0 Å². The summed E-state index contributed by atoms with van der Waals surface area (Å²) in [5.41, 5.74) is 0. The predicted octanol–water partition coefficient (Wildman–Crippen LogP) is 0.0787. The topological polar surface area (TPSA) is 85.1 Å². The SMILES string of the molecule is Cc1noc(CCNS(=O)(=O)CCCl)n1. The molecule has 6 nitrogen and oxygen atoms in total. The van der Waals surface area contributed by atoms with Gasteiger partial charge in [-0.3, -0.25) is 0 Å². The highest BCUT2D eigenvalue weighted by molar-refractivity contribution is 7.89. The normalized spacial score (nSPS) is 11.9. The van der Waals surface area contributed by atoms with Crippen LogP contribution in [0.1, 0.15) is 11.7 Å². The second-order valence-electron chi connectivity index (χ2n) is 2.89. The first-order valence-corrected chi connectivity index (χ1v) is 6.54. The van der Waals surface area contributed by atoms with Gasteiger partial charge in [0.2, 0.25) is 15.9 Å². The van der Waals surface area contributed by atoms with E-state index in [1.54, 1.807) is 6.92 Å². The molecule has 15 heavy (non-hydrogen) atoms. The van der Waals surface area contributed by atoms with Gasteiger partial charge in [0, 0.05) is 18.8 Å². The Hall–Kier alpha value is -0.660. The molecule has 0 aromatic carbocycles. The third-order valence-corrected chi connectivity index (χ3v) is 3.37. The van der Waals surface area contributed by atoms with E-state index in [1.165, 1.54) is 0 Å². The largest absolute Gasteiger partial charge is 0.339 e. The van der Waals surface area contributed by atoms with Crippen molar-refractivity contribution in [1.29, 1.82) is 0 Å². The maximum absolute atomic E-state index is 11.2. The number of halogens is 1. The van der Waals surface area contributed by atoms with Gasteiger partial charge >= 0.3 is 0 Å². The molecule has 1 rings (SSSR count). The molecule has 0 radical (unpaired) electrons. The van der Waals surface area contributed by atoms with Crippen molar-refractivity contribution in [2.75, 3.05) is 18.2 Å². The predicted molar refractivity (Wildman–Crippen MR) is 55.2 cm³/mol. The number of sulfonamides is 1. The van der Waals surface area contributed by atoms with Gasteiger partial charge in [0.05, 0.1) is 5.75 Å². The Bertz CT molecular complexity index is 403. The molecule has 1 aromatic rings. The molecule has 0 atom stereocenters. The van der Waals surface area contributed by atoms with Crippen LogP contribution >= 0.6 is 11.6 Å². The molecule has 0 bridgehead atoms. The molecule has 0 amide bonds. The molecular weight excluding hydrogens is 242 g/mol. The Morgan fingerprint density at radius 2 is 2.27 bits per heavy atom. The second kappa shape index (κ2) is 5.43. The van der Waals surface area contributed by atoms with E-state index in [1.807, 2.05) is 0 Å². The van der Waals surface area contributed by atoms with E-state index in [2.05, 4.69) is 14.9 Å². The molecule has 0 aliphatic carbocycles. The number of aryl methyl sites for hydroxylation is 1. The van der Waals surface area contributed by atoms with E-state index >= 15 is 0 Å². The number of nitrogens with zero attached hydrogens (tertiary/aromatic N) is 2. The van der Waals surface area contributed by atoms with E-state index in [4.69, 9.17) is 16.1 Å². The zero-order valence-electron chi connectivity index (χ0n) is 8.23. The summed E-state index contributed by atoms with van der Waals surface area (Å²) in [6.07, 6.45) is 0.377. The van der Waals surface area contributed by atoms with Crippen molar-refractivity contribution >= 4 is 21.6 Å². The highest BCUT2D eigenvalue weighted by Gasteiger charge is 2.09. The molecule has 1 heterocycles. The molecule has 0 spiro atoms. The molecule has 0 unspecified atom stereocenters. The van der Waals surface area contributed by atoms with Crippen LogP contribution in [0.2, 0.25) is 0 Å². The number of hydrogen-bond acceptors (Lipinski definition) is 5. The van der Waals surface area contributed by atoms with Gasteiger partial charge in [-0.1, -0.05) is 5.16 Å². The molecule has 0 fully saturated rings. The minimum absolute atomic E-state index is 0.0784. The Morgan fingerprint density at radius 3 is 2.80 bits per heavy atom. The van der Waals surface area contributed by atoms with Crippen LogP contribution in [0.5, 0.6) is 0 Å². The maximum Gasteiger partial charge on any atom is 0.227 e. The van der Waals surface area contributed by atoms with Gasteiger partial charge in [-0.25, -0.2) is 13.1 Å². The standard InChI is InChI=1S/C7H12ClN3O3S/c1-6-10-7(14-11-6)2-4-9-15(12,13)5-3-8/h9H,2-5H2,1H3. The lowest BCUT2D eigenvalue weighted by Crippen LogP contribution is -2.29. The summed E-state index contributed by atoms with van der Waals surface area (Å²) in [5.74, 6) is 0.946. The fourth-order valence-corrected chi connectivity index (χ4v) is 2.30. The summed E-state index contributed by atoms with van der Waals surface area (Å²) in [6, 6.07) is 0. The monoisotopic (exact) mass is 253 g/mol. The lowest BCUT2D eigenvalue weighted by molar-refractivity contribution is 0.375. The number of rotatable bonds is 6. The number of hydrogen-bond donors (Lipinski definition) is 1. The van der Waals surface area contributed by atoms with Crippen LogP contribution in [-0.2, 0) is 16.4 Å². The average molecular weight is 254 g/mol. The first kappa shape index (κ1) is 12.4. The van der Waals surface area contributed by atoms with Gasteiger partial charge in [-0.05, 0) is 6.92 Å². The fourth-order valence-electron chi connectivity index (χ4n) is 0.929. The van der Waals surface area contributed by atoms with Gasteiger partial charge in [-0.2, -0.15) is 4.98 Å². The summed E-state index contributed by atoms with van der Waals surface area (Å²) in [6.45, 7) is 1.94. The molecule has 0 saturated heterocycles. The lowest BCUT2D eigenvalue weighted by Gasteiger charge is -2.02. The number of alkyl halides is 1. The molecular formula is C7H12ClN3O3S. The van der Waals surface area contributed by atoms with Crippen LogP contribution in [0.25, 0.3) is 0 Å². The average Bonchev–Trinajstić information content (AvgIpc) is 2.51. The van der Waals surface area contributed by atoms with Crippen molar-refractivity contribution in [1.82, 2.24) is 14.9 Å². The van der Waals surface area contributed by atoms with Gasteiger partial charge in [0.15, 0.2) is 5.82 Å². The van der Waals surface area contributed by atoms with Gasteiger partial charge in [-0.15, -0.1) is 11.6 Å². The Kier molecular flexibility index (Phi) is 4.49. The van der Waals surface area contributed by atoms with Gasteiger partial charge < -0.3 is 4.52 Å². The molecule has 8 heteroatoms. The van der Waals surface area contributed by atoms with Crippen LogP contribution < -0.4 is 4.72 Å². The van der Waals surface area contributed by atoms with Crippen LogP contribution in [0.15, 0.2) is 4.52 Å². The first-order chi connectivity index (χ1) is 7.03. The lowest BCUT2D eigenvalue weighted by atomic mass is 10.4. The van der Waals surface area contributed by atoms with E-state index < -0.39 is 10.0 Å². The molecule has 1 N–H and O–H groups in total. The summed E-state index contributed by atoms with van der Waals surface area (Å²) in [5, 5.41) is 3.58. The Labute approximate surface area is 93.1 Å². The third kappa shape index (κ3) is 4.59. The van der Waals surface area contributed by atoms with Crippen molar-refractivity contribution in [2.24, 2.45) is 0 Å². The Morgan fingerprint density at radius 1 is 1.53 bits per heavy atom. The van der Waals surface area contributed by atoms with Gasteiger partial charge in [0.1, 0.15) is 0 Å². The van der Waals surface area contributed by atoms with Crippen LogP contribution in [0, 0.1) is 6.92 Å². The quantitative estimate of drug-likeness (QED) is 0.726.